The Morgan fingerprint density at radius 3 is 2.67 bits per heavy atom. The number of hydrogen-bond donors (Lipinski definition) is 0. The molecule has 98 valence electrons. The third-order valence-corrected chi connectivity index (χ3v) is 5.02. The molecule has 3 heteroatoms. The van der Waals surface area contributed by atoms with E-state index in [4.69, 9.17) is 11.6 Å². The maximum absolute atomic E-state index is 6.58. The van der Waals surface area contributed by atoms with E-state index in [1.54, 1.807) is 0 Å². The van der Waals surface area contributed by atoms with E-state index in [9.17, 15) is 0 Å². The maximum Gasteiger partial charge on any atom is 0.0503 e. The van der Waals surface area contributed by atoms with Gasteiger partial charge < -0.3 is 0 Å². The van der Waals surface area contributed by atoms with Gasteiger partial charge in [-0.05, 0) is 37.7 Å². The summed E-state index contributed by atoms with van der Waals surface area (Å²) in [6.07, 6.45) is 0. The van der Waals surface area contributed by atoms with E-state index in [2.05, 4.69) is 43.9 Å². The summed E-state index contributed by atoms with van der Waals surface area (Å²) in [5.41, 5.74) is 3.86. The van der Waals surface area contributed by atoms with Crippen LogP contribution in [0.2, 0.25) is 0 Å². The third kappa shape index (κ3) is 2.93. The molecular weight excluding hydrogens is 262 g/mol. The van der Waals surface area contributed by atoms with Crippen LogP contribution in [-0.4, -0.2) is 30.3 Å². The van der Waals surface area contributed by atoms with Crippen molar-refractivity contribution in [1.82, 2.24) is 4.90 Å². The van der Waals surface area contributed by atoms with E-state index < -0.39 is 0 Å². The van der Waals surface area contributed by atoms with Crippen LogP contribution >= 0.6 is 23.4 Å². The van der Waals surface area contributed by atoms with Crippen LogP contribution in [0.5, 0.6) is 0 Å². The number of rotatable bonds is 4. The number of hydrogen-bond acceptors (Lipinski definition) is 2. The molecule has 1 aliphatic heterocycles. The molecule has 1 aliphatic rings. The molecule has 1 heterocycles. The van der Waals surface area contributed by atoms with Crippen molar-refractivity contribution in [2.75, 3.05) is 25.4 Å². The maximum atomic E-state index is 6.58. The minimum Gasteiger partial charge on any atom is -0.300 e. The minimum atomic E-state index is 0.972. The van der Waals surface area contributed by atoms with Gasteiger partial charge in [-0.15, -0.1) is 11.8 Å². The lowest BCUT2D eigenvalue weighted by molar-refractivity contribution is 0.331. The van der Waals surface area contributed by atoms with E-state index in [0.29, 0.717) is 0 Å². The molecule has 0 radical (unpaired) electrons. The van der Waals surface area contributed by atoms with Gasteiger partial charge in [-0.3, -0.25) is 4.90 Å². The number of benzene rings is 1. The quantitative estimate of drug-likeness (QED) is 0.805. The van der Waals surface area contributed by atoms with Gasteiger partial charge in [0.25, 0.3) is 0 Å². The molecule has 1 aromatic rings. The van der Waals surface area contributed by atoms with Gasteiger partial charge in [0, 0.05) is 22.8 Å². The summed E-state index contributed by atoms with van der Waals surface area (Å²) in [5.74, 6) is 1.02. The molecule has 0 amide bonds. The van der Waals surface area contributed by atoms with E-state index in [1.807, 2.05) is 11.8 Å². The smallest absolute Gasteiger partial charge is 0.0503 e. The van der Waals surface area contributed by atoms with Crippen LogP contribution in [0.25, 0.3) is 5.03 Å². The first kappa shape index (κ1) is 14.0. The van der Waals surface area contributed by atoms with Gasteiger partial charge in [0.2, 0.25) is 0 Å². The lowest BCUT2D eigenvalue weighted by Gasteiger charge is -2.25. The fourth-order valence-electron chi connectivity index (χ4n) is 2.19. The predicted octanol–water partition coefficient (Wildman–Crippen LogP) is 4.39. The molecule has 0 bridgehead atoms. The monoisotopic (exact) mass is 281 g/mol. The van der Waals surface area contributed by atoms with Crippen LogP contribution in [0.4, 0.5) is 0 Å². The molecule has 1 aromatic carbocycles. The Morgan fingerprint density at radius 1 is 1.28 bits per heavy atom. The fourth-order valence-corrected chi connectivity index (χ4v) is 3.66. The number of fused-ring (bicyclic) bond motifs is 1. The third-order valence-electron chi connectivity index (χ3n) is 3.39. The zero-order valence-electron chi connectivity index (χ0n) is 11.3. The zero-order chi connectivity index (χ0) is 13.1. The van der Waals surface area contributed by atoms with Crippen molar-refractivity contribution in [3.8, 4) is 0 Å². The molecule has 0 N–H and O–H groups in total. The van der Waals surface area contributed by atoms with Crippen LogP contribution in [0.1, 0.15) is 25.0 Å². The molecule has 18 heavy (non-hydrogen) atoms. The summed E-state index contributed by atoms with van der Waals surface area (Å²) in [6, 6.07) is 6.54. The number of thioether (sulfide) groups is 1. The summed E-state index contributed by atoms with van der Waals surface area (Å²) in [7, 11) is 0. The summed E-state index contributed by atoms with van der Waals surface area (Å²) in [6.45, 7) is 9.67. The SMILES string of the molecule is CCN(CC)CC1=C(Cl)c2cc(C)ccc2SC1. The predicted molar refractivity (Wildman–Crippen MR) is 82.5 cm³/mol. The Morgan fingerprint density at radius 2 is 2.00 bits per heavy atom. The molecular formula is C15H20ClNS. The molecule has 0 atom stereocenters. The standard InChI is InChI=1S/C15H20ClNS/c1-4-17(5-2)9-12-10-18-14-7-6-11(3)8-13(14)15(12)16/h6-8H,4-5,9-10H2,1-3H3. The van der Waals surface area contributed by atoms with Gasteiger partial charge in [-0.25, -0.2) is 0 Å². The number of likely N-dealkylation sites (N-methyl/N-ethyl adjacent to an activating group) is 1. The summed E-state index contributed by atoms with van der Waals surface area (Å²) in [5, 5.41) is 0.972. The molecule has 0 fully saturated rings. The molecule has 1 nitrogen and oxygen atoms in total. The number of halogens is 1. The minimum absolute atomic E-state index is 0.972. The number of nitrogens with zero attached hydrogens (tertiary/aromatic N) is 1. The molecule has 2 rings (SSSR count). The van der Waals surface area contributed by atoms with Crippen LogP contribution in [0.15, 0.2) is 28.7 Å². The van der Waals surface area contributed by atoms with Crippen molar-refractivity contribution >= 4 is 28.4 Å². The Hall–Kier alpha value is -0.440. The Bertz CT molecular complexity index is 464. The first-order valence-electron chi connectivity index (χ1n) is 6.49. The van der Waals surface area contributed by atoms with Gasteiger partial charge in [-0.2, -0.15) is 0 Å². The lowest BCUT2D eigenvalue weighted by atomic mass is 10.1. The van der Waals surface area contributed by atoms with Crippen molar-refractivity contribution in [2.24, 2.45) is 0 Å². The second-order valence-electron chi connectivity index (χ2n) is 4.67. The first-order chi connectivity index (χ1) is 8.65. The van der Waals surface area contributed by atoms with Crippen molar-refractivity contribution in [3.63, 3.8) is 0 Å². The lowest BCUT2D eigenvalue weighted by Crippen LogP contribution is -2.26. The van der Waals surface area contributed by atoms with E-state index in [-0.39, 0.29) is 0 Å². The highest BCUT2D eigenvalue weighted by Gasteiger charge is 2.19. The Labute approximate surface area is 119 Å². The van der Waals surface area contributed by atoms with Crippen molar-refractivity contribution in [2.45, 2.75) is 25.7 Å². The second kappa shape index (κ2) is 6.14. The Kier molecular flexibility index (Phi) is 4.77. The van der Waals surface area contributed by atoms with E-state index >= 15 is 0 Å². The van der Waals surface area contributed by atoms with Gasteiger partial charge >= 0.3 is 0 Å². The molecule has 0 spiro atoms. The zero-order valence-corrected chi connectivity index (χ0v) is 12.9. The largest absolute Gasteiger partial charge is 0.300 e. The van der Waals surface area contributed by atoms with E-state index in [1.165, 1.54) is 21.6 Å². The van der Waals surface area contributed by atoms with Gasteiger partial charge in [-0.1, -0.05) is 37.1 Å². The van der Waals surface area contributed by atoms with Gasteiger partial charge in [0.1, 0.15) is 0 Å². The van der Waals surface area contributed by atoms with Crippen LogP contribution in [0.3, 0.4) is 0 Å². The summed E-state index contributed by atoms with van der Waals surface area (Å²) in [4.78, 5) is 3.73. The highest BCUT2D eigenvalue weighted by molar-refractivity contribution is 7.99. The van der Waals surface area contributed by atoms with Gasteiger partial charge in [0.15, 0.2) is 0 Å². The van der Waals surface area contributed by atoms with Crippen LogP contribution in [0, 0.1) is 6.92 Å². The normalized spacial score (nSPS) is 15.2. The average Bonchev–Trinajstić information content (AvgIpc) is 2.39. The second-order valence-corrected chi connectivity index (χ2v) is 6.06. The molecule has 0 aliphatic carbocycles. The highest BCUT2D eigenvalue weighted by Crippen LogP contribution is 2.39. The first-order valence-corrected chi connectivity index (χ1v) is 7.85. The fraction of sp³-hybridized carbons (Fsp3) is 0.467. The molecule has 0 saturated carbocycles. The van der Waals surface area contributed by atoms with Crippen molar-refractivity contribution in [3.05, 3.63) is 34.9 Å². The van der Waals surface area contributed by atoms with Gasteiger partial charge in [0.05, 0.1) is 5.03 Å². The van der Waals surface area contributed by atoms with Crippen molar-refractivity contribution < 1.29 is 0 Å². The van der Waals surface area contributed by atoms with Crippen LogP contribution in [-0.2, 0) is 0 Å². The van der Waals surface area contributed by atoms with Crippen molar-refractivity contribution in [1.29, 1.82) is 0 Å². The number of aryl methyl sites for hydroxylation is 1. The summed E-state index contributed by atoms with van der Waals surface area (Å²) < 4.78 is 0. The molecule has 0 aromatic heterocycles. The topological polar surface area (TPSA) is 3.24 Å². The summed E-state index contributed by atoms with van der Waals surface area (Å²) >= 11 is 8.49. The highest BCUT2D eigenvalue weighted by atomic mass is 35.5. The Balaban J connectivity index is 2.29. The molecule has 0 saturated heterocycles. The van der Waals surface area contributed by atoms with E-state index in [0.717, 1.165) is 30.4 Å². The van der Waals surface area contributed by atoms with Crippen LogP contribution < -0.4 is 0 Å². The average molecular weight is 282 g/mol. The molecule has 0 unspecified atom stereocenters.